The fourth-order valence-corrected chi connectivity index (χ4v) is 15.6. The molecule has 0 saturated heterocycles. The van der Waals surface area contributed by atoms with Gasteiger partial charge in [-0.3, -0.25) is 0 Å². The average Bonchev–Trinajstić information content (AvgIpc) is 1.59. The zero-order valence-electron chi connectivity index (χ0n) is 58.7. The fourth-order valence-electron chi connectivity index (χ4n) is 15.4. The molecule has 20 aromatic rings. The van der Waals surface area contributed by atoms with Crippen molar-refractivity contribution in [3.63, 3.8) is 0 Å². The summed E-state index contributed by atoms with van der Waals surface area (Å²) in [5, 5.41) is 33.1. The Morgan fingerprint density at radius 2 is 0.472 bits per heavy atom. The molecule has 512 valence electrons. The minimum absolute atomic E-state index is 0.382. The van der Waals surface area contributed by atoms with Crippen molar-refractivity contribution < 1.29 is 18.9 Å². The lowest BCUT2D eigenvalue weighted by Gasteiger charge is -2.27. The zero-order chi connectivity index (χ0) is 72.4. The maximum absolute atomic E-state index is 9.53. The molecule has 0 aliphatic carbocycles. The van der Waals surface area contributed by atoms with E-state index in [4.69, 9.17) is 8.83 Å². The van der Waals surface area contributed by atoms with Crippen LogP contribution in [0.3, 0.4) is 0 Å². The molecule has 0 radical (unpaired) electrons. The average molecular weight is 1450 g/mol. The van der Waals surface area contributed by atoms with E-state index in [1.54, 1.807) is 12.1 Å². The van der Waals surface area contributed by atoms with E-state index in [9.17, 15) is 10.0 Å². The second kappa shape index (κ2) is 29.3. The van der Waals surface area contributed by atoms with Crippen LogP contribution in [0.25, 0.3) is 143 Å². The minimum atomic E-state index is -1.55. The summed E-state index contributed by atoms with van der Waals surface area (Å²) in [6, 6.07) is 140. The Labute approximate surface area is 634 Å². The molecule has 2 heterocycles. The van der Waals surface area contributed by atoms with E-state index in [0.717, 1.165) is 105 Å². The maximum Gasteiger partial charge on any atom is 0.492 e. The molecule has 0 aliphatic heterocycles. The van der Waals surface area contributed by atoms with Crippen molar-refractivity contribution in [2.45, 2.75) is 0 Å². The topological polar surface area (TPSA) is 73.2 Å². The van der Waals surface area contributed by atoms with Crippen LogP contribution in [0.2, 0.25) is 0 Å². The van der Waals surface area contributed by atoms with E-state index in [0.29, 0.717) is 11.0 Å². The van der Waals surface area contributed by atoms with Crippen LogP contribution in [0.15, 0.2) is 414 Å². The summed E-state index contributed by atoms with van der Waals surface area (Å²) in [5.41, 5.74) is 21.6. The fraction of sp³-hybridized carbons (Fsp3) is 0. The summed E-state index contributed by atoms with van der Waals surface area (Å²) < 4.78 is 13.8. The van der Waals surface area contributed by atoms with Crippen molar-refractivity contribution in [2.24, 2.45) is 0 Å². The van der Waals surface area contributed by atoms with Crippen LogP contribution in [-0.4, -0.2) is 17.2 Å². The lowest BCUT2D eigenvalue weighted by Crippen LogP contribution is -2.29. The minimum Gasteiger partial charge on any atom is -0.456 e. The molecule has 108 heavy (non-hydrogen) atoms. The van der Waals surface area contributed by atoms with Crippen molar-refractivity contribution in [3.8, 4) is 55.6 Å². The first-order valence-corrected chi connectivity index (χ1v) is 37.1. The molecule has 0 spiro atoms. The van der Waals surface area contributed by atoms with Crippen LogP contribution in [0.5, 0.6) is 0 Å². The van der Waals surface area contributed by atoms with Gasteiger partial charge in [-0.15, -0.1) is 0 Å². The van der Waals surface area contributed by atoms with Crippen LogP contribution < -0.4 is 15.3 Å². The molecule has 0 atom stereocenters. The summed E-state index contributed by atoms with van der Waals surface area (Å²) in [5.74, 6) is 0. The van der Waals surface area contributed by atoms with Crippen molar-refractivity contribution in [1.29, 1.82) is 0 Å². The van der Waals surface area contributed by atoms with Crippen molar-refractivity contribution in [1.82, 2.24) is 0 Å². The number of benzene rings is 18. The van der Waals surface area contributed by atoms with Gasteiger partial charge in [0.2, 0.25) is 0 Å². The molecule has 18 aromatic carbocycles. The highest BCUT2D eigenvalue weighted by molar-refractivity contribution is 9.10. The normalized spacial score (nSPS) is 11.3. The third kappa shape index (κ3) is 12.8. The van der Waals surface area contributed by atoms with Gasteiger partial charge in [-0.05, 0) is 144 Å². The Hall–Kier alpha value is -13.3. The first-order valence-electron chi connectivity index (χ1n) is 36.3. The first-order chi connectivity index (χ1) is 53.3. The third-order valence-corrected chi connectivity index (χ3v) is 21.0. The molecule has 2 aromatic heterocycles. The summed E-state index contributed by atoms with van der Waals surface area (Å²) in [6.45, 7) is 0. The first kappa shape index (κ1) is 66.6. The number of fused-ring (bicyclic) bond motifs is 10. The van der Waals surface area contributed by atoms with Gasteiger partial charge < -0.3 is 28.7 Å². The summed E-state index contributed by atoms with van der Waals surface area (Å²) in [7, 11) is -1.55. The van der Waals surface area contributed by atoms with E-state index in [2.05, 4.69) is 353 Å². The summed E-state index contributed by atoms with van der Waals surface area (Å²) in [4.78, 5) is 4.70. The van der Waals surface area contributed by atoms with Gasteiger partial charge in [0.25, 0.3) is 0 Å². The van der Waals surface area contributed by atoms with Crippen molar-refractivity contribution in [3.05, 3.63) is 405 Å². The molecule has 8 heteroatoms. The van der Waals surface area contributed by atoms with E-state index >= 15 is 0 Å². The SMILES string of the molecule is Brc1ccc(N(c2ccc(-c3cccc4ccccc34)cc2)c2cccc3ccccc23)cc1.OB(O)c1cccc2c1oc1c(-c3ccccc3)cccc12.c1ccc(-c2cccc3c2oc2c(-c4ccc(N(c5ccc(-c6cccc7ccccc67)cc5)c5cccc6ccccc56)cc4)cccc23)cc1. The number of rotatable bonds is 12. The Balaban J connectivity index is 0.000000125. The van der Waals surface area contributed by atoms with Crippen LogP contribution in [0.4, 0.5) is 34.1 Å². The van der Waals surface area contributed by atoms with Crippen LogP contribution >= 0.6 is 15.9 Å². The van der Waals surface area contributed by atoms with Gasteiger partial charge in [0, 0.05) is 81.7 Å². The van der Waals surface area contributed by atoms with Gasteiger partial charge in [0.05, 0.1) is 11.4 Å². The predicted octanol–water partition coefficient (Wildman–Crippen LogP) is 27.2. The van der Waals surface area contributed by atoms with Crippen LogP contribution in [-0.2, 0) is 0 Å². The Morgan fingerprint density at radius 1 is 0.213 bits per heavy atom. The molecule has 0 bridgehead atoms. The number of halogens is 1. The molecule has 0 aliphatic rings. The smallest absolute Gasteiger partial charge is 0.456 e. The Bertz CT molecular complexity index is 6640. The highest BCUT2D eigenvalue weighted by Crippen LogP contribution is 2.46. The number of hydrogen-bond acceptors (Lipinski definition) is 6. The van der Waals surface area contributed by atoms with Gasteiger partial charge in [0.1, 0.15) is 22.3 Å². The van der Waals surface area contributed by atoms with Crippen LogP contribution in [0.1, 0.15) is 0 Å². The Kier molecular flexibility index (Phi) is 18.1. The number of hydrogen-bond donors (Lipinski definition) is 2. The molecule has 6 nitrogen and oxygen atoms in total. The van der Waals surface area contributed by atoms with Gasteiger partial charge in [0.15, 0.2) is 0 Å². The van der Waals surface area contributed by atoms with Crippen LogP contribution in [0, 0.1) is 0 Å². The molecule has 0 unspecified atom stereocenters. The monoisotopic (exact) mass is 1450 g/mol. The van der Waals surface area contributed by atoms with Gasteiger partial charge in [-0.1, -0.05) is 344 Å². The Morgan fingerprint density at radius 3 is 0.861 bits per heavy atom. The molecule has 0 saturated carbocycles. The third-order valence-electron chi connectivity index (χ3n) is 20.5. The van der Waals surface area contributed by atoms with E-state index in [1.807, 2.05) is 60.7 Å². The number of furan rings is 2. The quantitative estimate of drug-likeness (QED) is 0.119. The number of para-hydroxylation sites is 4. The van der Waals surface area contributed by atoms with Crippen molar-refractivity contribution in [2.75, 3.05) is 9.80 Å². The van der Waals surface area contributed by atoms with Gasteiger partial charge in [-0.25, -0.2) is 0 Å². The predicted molar refractivity (Wildman–Crippen MR) is 458 cm³/mol. The number of anilines is 6. The molecular formula is C100H68BBrN2O4. The summed E-state index contributed by atoms with van der Waals surface area (Å²) >= 11 is 3.58. The molecule has 2 N–H and O–H groups in total. The zero-order valence-corrected chi connectivity index (χ0v) is 60.3. The van der Waals surface area contributed by atoms with E-state index in [1.165, 1.54) is 71.0 Å². The second-order valence-corrected chi connectivity index (χ2v) is 27.8. The molecular weight excluding hydrogens is 1380 g/mol. The maximum atomic E-state index is 9.53. The number of nitrogens with zero attached hydrogens (tertiary/aromatic N) is 2. The highest BCUT2D eigenvalue weighted by atomic mass is 79.9. The largest absolute Gasteiger partial charge is 0.492 e. The molecule has 20 rings (SSSR count). The lowest BCUT2D eigenvalue weighted by molar-refractivity contribution is 0.425. The summed E-state index contributed by atoms with van der Waals surface area (Å²) in [6.07, 6.45) is 0. The molecule has 0 fully saturated rings. The van der Waals surface area contributed by atoms with Gasteiger partial charge >= 0.3 is 7.12 Å². The highest BCUT2D eigenvalue weighted by Gasteiger charge is 2.23. The van der Waals surface area contributed by atoms with E-state index < -0.39 is 7.12 Å². The standard InChI is InChI=1S/C50H33NO.C32H22BrN.C18H13BO3/c1-2-12-36(13-3-1)44-21-10-23-46-47-24-11-22-45(50(47)52-49(44)46)38-28-32-40(33-29-38)51(48-25-9-17-35-15-5-7-19-43(35)48)39-30-26-37(27-31-39)42-20-8-16-34-14-4-6-18-41(34)42;33-26-17-21-28(22-18-26)34(32-14-6-10-24-8-2-4-12-31(24)32)27-19-15-25(16-20-27)30-13-5-9-23-7-1-3-11-29(23)30;20-19(21)16-11-5-10-15-14-9-4-8-13(17(14)22-18(15)16)12-6-2-1-3-7-12/h1-33H;1-22H;1-11,20-21H. The molecule has 0 amide bonds. The van der Waals surface area contributed by atoms with Gasteiger partial charge in [-0.2, -0.15) is 0 Å². The lowest BCUT2D eigenvalue weighted by atomic mass is 9.79. The second-order valence-electron chi connectivity index (χ2n) is 26.9. The van der Waals surface area contributed by atoms with Crippen molar-refractivity contribution >= 4 is 150 Å². The van der Waals surface area contributed by atoms with E-state index in [-0.39, 0.29) is 0 Å².